The average Bonchev–Trinajstić information content (AvgIpc) is 2.83. The molecule has 3 aromatic carbocycles. The number of hydrogen-bond donors (Lipinski definition) is 0. The molecule has 0 aromatic heterocycles. The van der Waals surface area contributed by atoms with E-state index in [-0.39, 0.29) is 11.8 Å². The normalized spacial score (nSPS) is 13.7. The van der Waals surface area contributed by atoms with Gasteiger partial charge in [0.1, 0.15) is 12.4 Å². The monoisotopic (exact) mass is 492 g/mol. The summed E-state index contributed by atoms with van der Waals surface area (Å²) in [4.78, 5) is 29.2. The Kier molecular flexibility index (Phi) is 6.90. The Morgan fingerprint density at radius 3 is 2.00 bits per heavy atom. The highest BCUT2D eigenvalue weighted by atomic mass is 79.9. The Bertz CT molecular complexity index is 1090. The van der Waals surface area contributed by atoms with Crippen LogP contribution in [0.4, 0.5) is 0 Å². The molecule has 1 aliphatic rings. The lowest BCUT2D eigenvalue weighted by Gasteiger charge is -2.35. The molecule has 5 nitrogen and oxygen atoms in total. The van der Waals surface area contributed by atoms with E-state index in [1.807, 2.05) is 84.6 Å². The molecular formula is C26H25BrN2O3. The summed E-state index contributed by atoms with van der Waals surface area (Å²) < 4.78 is 6.69. The lowest BCUT2D eigenvalue weighted by atomic mass is 10.1. The van der Waals surface area contributed by atoms with Crippen molar-refractivity contribution in [2.24, 2.45) is 0 Å². The van der Waals surface area contributed by atoms with Crippen molar-refractivity contribution in [2.45, 2.75) is 13.5 Å². The maximum absolute atomic E-state index is 12.9. The summed E-state index contributed by atoms with van der Waals surface area (Å²) >= 11 is 3.41. The van der Waals surface area contributed by atoms with Crippen molar-refractivity contribution in [3.05, 3.63) is 99.5 Å². The van der Waals surface area contributed by atoms with Gasteiger partial charge < -0.3 is 14.5 Å². The number of rotatable bonds is 5. The molecule has 6 heteroatoms. The van der Waals surface area contributed by atoms with Gasteiger partial charge >= 0.3 is 0 Å². The number of carbonyl (C=O) groups excluding carboxylic acids is 2. The molecule has 1 aliphatic heterocycles. The third-order valence-corrected chi connectivity index (χ3v) is 6.05. The van der Waals surface area contributed by atoms with Crippen molar-refractivity contribution in [3.63, 3.8) is 0 Å². The molecule has 3 aromatic rings. The smallest absolute Gasteiger partial charge is 0.254 e. The molecule has 0 bridgehead atoms. The van der Waals surface area contributed by atoms with Crippen LogP contribution in [0.15, 0.2) is 77.3 Å². The van der Waals surface area contributed by atoms with Gasteiger partial charge in [0.05, 0.1) is 0 Å². The number of nitrogens with zero attached hydrogens (tertiary/aromatic N) is 2. The molecule has 0 spiro atoms. The van der Waals surface area contributed by atoms with E-state index in [0.29, 0.717) is 43.9 Å². The van der Waals surface area contributed by atoms with Crippen molar-refractivity contribution in [2.75, 3.05) is 26.2 Å². The van der Waals surface area contributed by atoms with Gasteiger partial charge in [0.15, 0.2) is 0 Å². The first-order valence-electron chi connectivity index (χ1n) is 10.6. The number of carbonyl (C=O) groups is 2. The standard InChI is InChI=1S/C26H25BrN2O3/c1-19-5-11-24(12-6-19)32-18-20-7-9-21(10-8-20)25(30)28-13-15-29(16-14-28)26(31)22-3-2-4-23(27)17-22/h2-12,17H,13-16,18H2,1H3. The average molecular weight is 493 g/mol. The number of ether oxygens (including phenoxy) is 1. The molecule has 0 radical (unpaired) electrons. The van der Waals surface area contributed by atoms with Crippen molar-refractivity contribution in [3.8, 4) is 5.75 Å². The van der Waals surface area contributed by atoms with Crippen LogP contribution in [0.1, 0.15) is 31.8 Å². The van der Waals surface area contributed by atoms with Crippen LogP contribution < -0.4 is 4.74 Å². The molecule has 32 heavy (non-hydrogen) atoms. The minimum absolute atomic E-state index is 0.00340. The van der Waals surface area contributed by atoms with E-state index >= 15 is 0 Å². The lowest BCUT2D eigenvalue weighted by Crippen LogP contribution is -2.50. The molecule has 0 unspecified atom stereocenters. The molecule has 0 aliphatic carbocycles. The van der Waals surface area contributed by atoms with Crippen LogP contribution in [-0.2, 0) is 6.61 Å². The summed E-state index contributed by atoms with van der Waals surface area (Å²) in [6, 6.07) is 22.9. The Morgan fingerprint density at radius 2 is 1.41 bits per heavy atom. The van der Waals surface area contributed by atoms with Crippen molar-refractivity contribution in [1.29, 1.82) is 0 Å². The maximum Gasteiger partial charge on any atom is 0.254 e. The van der Waals surface area contributed by atoms with Gasteiger partial charge in [0.25, 0.3) is 11.8 Å². The fourth-order valence-corrected chi connectivity index (χ4v) is 4.04. The fraction of sp³-hybridized carbons (Fsp3) is 0.231. The van der Waals surface area contributed by atoms with E-state index in [0.717, 1.165) is 15.8 Å². The van der Waals surface area contributed by atoms with Crippen LogP contribution >= 0.6 is 15.9 Å². The van der Waals surface area contributed by atoms with Gasteiger partial charge in [0, 0.05) is 41.8 Å². The fourth-order valence-electron chi connectivity index (χ4n) is 3.64. The number of halogens is 1. The summed E-state index contributed by atoms with van der Waals surface area (Å²) in [5, 5.41) is 0. The number of benzene rings is 3. The second-order valence-corrected chi connectivity index (χ2v) is 8.81. The molecule has 0 N–H and O–H groups in total. The first kappa shape index (κ1) is 22.1. The summed E-state index contributed by atoms with van der Waals surface area (Å²) in [6.45, 7) is 4.60. The number of aryl methyl sites for hydroxylation is 1. The molecule has 1 fully saturated rings. The van der Waals surface area contributed by atoms with Gasteiger partial charge in [0.2, 0.25) is 0 Å². The number of hydrogen-bond acceptors (Lipinski definition) is 3. The highest BCUT2D eigenvalue weighted by Gasteiger charge is 2.25. The topological polar surface area (TPSA) is 49.9 Å². The van der Waals surface area contributed by atoms with Crippen molar-refractivity contribution >= 4 is 27.7 Å². The third-order valence-electron chi connectivity index (χ3n) is 5.55. The summed E-state index contributed by atoms with van der Waals surface area (Å²) in [6.07, 6.45) is 0. The Labute approximate surface area is 196 Å². The number of amides is 2. The van der Waals surface area contributed by atoms with Crippen LogP contribution in [0.5, 0.6) is 5.75 Å². The number of piperazine rings is 1. The highest BCUT2D eigenvalue weighted by Crippen LogP contribution is 2.17. The van der Waals surface area contributed by atoms with E-state index in [1.165, 1.54) is 5.56 Å². The van der Waals surface area contributed by atoms with Gasteiger partial charge in [-0.15, -0.1) is 0 Å². The predicted molar refractivity (Wildman–Crippen MR) is 128 cm³/mol. The van der Waals surface area contributed by atoms with E-state index in [4.69, 9.17) is 4.74 Å². The predicted octanol–water partition coefficient (Wildman–Crippen LogP) is 4.93. The lowest BCUT2D eigenvalue weighted by molar-refractivity contribution is 0.0535. The van der Waals surface area contributed by atoms with E-state index < -0.39 is 0 Å². The van der Waals surface area contributed by atoms with Crippen molar-refractivity contribution in [1.82, 2.24) is 9.80 Å². The Morgan fingerprint density at radius 1 is 0.812 bits per heavy atom. The first-order chi connectivity index (χ1) is 15.5. The zero-order chi connectivity index (χ0) is 22.5. The van der Waals surface area contributed by atoms with Gasteiger partial charge in [-0.25, -0.2) is 0 Å². The first-order valence-corrected chi connectivity index (χ1v) is 11.4. The highest BCUT2D eigenvalue weighted by molar-refractivity contribution is 9.10. The molecule has 4 rings (SSSR count). The molecular weight excluding hydrogens is 468 g/mol. The maximum atomic E-state index is 12.9. The van der Waals surface area contributed by atoms with Crippen LogP contribution in [0.25, 0.3) is 0 Å². The van der Waals surface area contributed by atoms with Crippen molar-refractivity contribution < 1.29 is 14.3 Å². The molecule has 1 saturated heterocycles. The van der Waals surface area contributed by atoms with E-state index in [1.54, 1.807) is 4.90 Å². The molecule has 2 amide bonds. The van der Waals surface area contributed by atoms with Crippen LogP contribution in [-0.4, -0.2) is 47.8 Å². The zero-order valence-corrected chi connectivity index (χ0v) is 19.5. The van der Waals surface area contributed by atoms with E-state index in [2.05, 4.69) is 15.9 Å². The summed E-state index contributed by atoms with van der Waals surface area (Å²) in [7, 11) is 0. The minimum atomic E-state index is -0.00874. The largest absolute Gasteiger partial charge is 0.489 e. The van der Waals surface area contributed by atoms with Gasteiger partial charge in [-0.05, 0) is 55.0 Å². The van der Waals surface area contributed by atoms with Gasteiger partial charge in [-0.1, -0.05) is 51.8 Å². The SMILES string of the molecule is Cc1ccc(OCc2ccc(C(=O)N3CCN(C(=O)c4cccc(Br)c4)CC3)cc2)cc1. The molecule has 0 atom stereocenters. The van der Waals surface area contributed by atoms with Crippen LogP contribution in [0, 0.1) is 6.92 Å². The zero-order valence-electron chi connectivity index (χ0n) is 18.0. The molecule has 0 saturated carbocycles. The van der Waals surface area contributed by atoms with Gasteiger partial charge in [-0.2, -0.15) is 0 Å². The summed E-state index contributed by atoms with van der Waals surface area (Å²) in [5.74, 6) is 0.813. The van der Waals surface area contributed by atoms with E-state index in [9.17, 15) is 9.59 Å². The summed E-state index contributed by atoms with van der Waals surface area (Å²) in [5.41, 5.74) is 3.50. The minimum Gasteiger partial charge on any atom is -0.489 e. The second-order valence-electron chi connectivity index (χ2n) is 7.89. The Balaban J connectivity index is 1.30. The second kappa shape index (κ2) is 10.0. The quantitative estimate of drug-likeness (QED) is 0.506. The Hall–Kier alpha value is -3.12. The van der Waals surface area contributed by atoms with Crippen LogP contribution in [0.3, 0.4) is 0 Å². The van der Waals surface area contributed by atoms with Crippen LogP contribution in [0.2, 0.25) is 0 Å². The molecule has 164 valence electrons. The van der Waals surface area contributed by atoms with Gasteiger partial charge in [-0.3, -0.25) is 9.59 Å². The molecule has 1 heterocycles. The third kappa shape index (κ3) is 5.37.